The van der Waals surface area contributed by atoms with Crippen LogP contribution in [0, 0.1) is 5.82 Å². The van der Waals surface area contributed by atoms with Gasteiger partial charge in [0.25, 0.3) is 5.91 Å². The SMILES string of the molecule is COc1cccc(CNC(=O)c2nnn3c2CO[C@H](c2ccc(F)cc2)C3)c1OC. The summed E-state index contributed by atoms with van der Waals surface area (Å²) < 4.78 is 31.3. The summed E-state index contributed by atoms with van der Waals surface area (Å²) in [6.45, 7) is 0.815. The Bertz CT molecular complexity index is 1050. The highest BCUT2D eigenvalue weighted by molar-refractivity contribution is 5.93. The summed E-state index contributed by atoms with van der Waals surface area (Å²) in [5.41, 5.74) is 2.44. The van der Waals surface area contributed by atoms with Gasteiger partial charge in [0.2, 0.25) is 0 Å². The molecule has 1 aliphatic rings. The van der Waals surface area contributed by atoms with Crippen LogP contribution in [-0.2, 0) is 24.4 Å². The van der Waals surface area contributed by atoms with Crippen LogP contribution in [0.3, 0.4) is 0 Å². The van der Waals surface area contributed by atoms with Gasteiger partial charge in [-0.25, -0.2) is 9.07 Å². The van der Waals surface area contributed by atoms with Crippen molar-refractivity contribution >= 4 is 5.91 Å². The Morgan fingerprint density at radius 1 is 1.23 bits per heavy atom. The second kappa shape index (κ2) is 8.50. The Kier molecular flexibility index (Phi) is 5.62. The monoisotopic (exact) mass is 412 g/mol. The number of benzene rings is 2. The number of carbonyl (C=O) groups excluding carboxylic acids is 1. The molecule has 1 aliphatic heterocycles. The minimum absolute atomic E-state index is 0.181. The second-order valence-electron chi connectivity index (χ2n) is 6.75. The molecule has 2 aromatic carbocycles. The minimum Gasteiger partial charge on any atom is -0.493 e. The van der Waals surface area contributed by atoms with Gasteiger partial charge in [0.15, 0.2) is 17.2 Å². The first-order valence-corrected chi connectivity index (χ1v) is 9.38. The first kappa shape index (κ1) is 19.8. The molecule has 0 spiro atoms. The Labute approximate surface area is 172 Å². The number of ether oxygens (including phenoxy) is 3. The molecule has 9 heteroatoms. The van der Waals surface area contributed by atoms with Crippen molar-refractivity contribution in [2.24, 2.45) is 0 Å². The van der Waals surface area contributed by atoms with Crippen molar-refractivity contribution in [1.82, 2.24) is 20.3 Å². The number of fused-ring (bicyclic) bond motifs is 1. The van der Waals surface area contributed by atoms with Crippen LogP contribution in [0.2, 0.25) is 0 Å². The summed E-state index contributed by atoms with van der Waals surface area (Å²) in [7, 11) is 3.11. The van der Waals surface area contributed by atoms with Gasteiger partial charge in [0.1, 0.15) is 11.9 Å². The fraction of sp³-hybridized carbons (Fsp3) is 0.286. The number of nitrogens with one attached hydrogen (secondary N) is 1. The third-order valence-electron chi connectivity index (χ3n) is 4.98. The molecule has 1 atom stereocenters. The zero-order chi connectivity index (χ0) is 21.1. The van der Waals surface area contributed by atoms with Crippen molar-refractivity contribution in [2.75, 3.05) is 14.2 Å². The second-order valence-corrected chi connectivity index (χ2v) is 6.75. The van der Waals surface area contributed by atoms with E-state index in [1.165, 1.54) is 12.1 Å². The van der Waals surface area contributed by atoms with E-state index in [2.05, 4.69) is 15.6 Å². The molecule has 0 radical (unpaired) electrons. The highest BCUT2D eigenvalue weighted by atomic mass is 19.1. The van der Waals surface area contributed by atoms with Gasteiger partial charge < -0.3 is 19.5 Å². The molecule has 3 aromatic rings. The Hall–Kier alpha value is -3.46. The van der Waals surface area contributed by atoms with Gasteiger partial charge >= 0.3 is 0 Å². The lowest BCUT2D eigenvalue weighted by atomic mass is 10.1. The zero-order valence-electron chi connectivity index (χ0n) is 16.6. The molecule has 30 heavy (non-hydrogen) atoms. The van der Waals surface area contributed by atoms with Gasteiger partial charge in [-0.2, -0.15) is 0 Å². The summed E-state index contributed by atoms with van der Waals surface area (Å²) >= 11 is 0. The number of halogens is 1. The number of hydrogen-bond donors (Lipinski definition) is 1. The van der Waals surface area contributed by atoms with Gasteiger partial charge in [-0.1, -0.05) is 29.5 Å². The van der Waals surface area contributed by atoms with Gasteiger partial charge in [-0.3, -0.25) is 4.79 Å². The third kappa shape index (κ3) is 3.84. The number of para-hydroxylation sites is 1. The normalized spacial score (nSPS) is 15.4. The lowest BCUT2D eigenvalue weighted by Crippen LogP contribution is -2.27. The number of hydrogen-bond acceptors (Lipinski definition) is 6. The van der Waals surface area contributed by atoms with Crippen LogP contribution in [0.1, 0.15) is 33.4 Å². The van der Waals surface area contributed by atoms with Crippen LogP contribution in [0.25, 0.3) is 0 Å². The van der Waals surface area contributed by atoms with Crippen LogP contribution in [0.15, 0.2) is 42.5 Å². The third-order valence-corrected chi connectivity index (χ3v) is 4.98. The van der Waals surface area contributed by atoms with Crippen molar-refractivity contribution in [3.8, 4) is 11.5 Å². The summed E-state index contributed by atoms with van der Waals surface area (Å²) in [4.78, 5) is 12.7. The van der Waals surface area contributed by atoms with Crippen LogP contribution in [-0.4, -0.2) is 35.1 Å². The van der Waals surface area contributed by atoms with Gasteiger partial charge in [-0.15, -0.1) is 5.10 Å². The predicted molar refractivity (Wildman–Crippen MR) is 105 cm³/mol. The fourth-order valence-electron chi connectivity index (χ4n) is 3.42. The molecule has 1 aromatic heterocycles. The smallest absolute Gasteiger partial charge is 0.274 e. The predicted octanol–water partition coefficient (Wildman–Crippen LogP) is 2.64. The van der Waals surface area contributed by atoms with E-state index in [0.29, 0.717) is 23.7 Å². The van der Waals surface area contributed by atoms with Crippen molar-refractivity contribution < 1.29 is 23.4 Å². The zero-order valence-corrected chi connectivity index (χ0v) is 16.6. The molecule has 8 nitrogen and oxygen atoms in total. The van der Waals surface area contributed by atoms with E-state index in [1.54, 1.807) is 37.1 Å². The maximum absolute atomic E-state index is 13.1. The maximum atomic E-state index is 13.1. The van der Waals surface area contributed by atoms with Crippen molar-refractivity contribution in [1.29, 1.82) is 0 Å². The largest absolute Gasteiger partial charge is 0.493 e. The van der Waals surface area contributed by atoms with E-state index in [-0.39, 0.29) is 36.7 Å². The molecule has 1 amide bonds. The van der Waals surface area contributed by atoms with Crippen LogP contribution < -0.4 is 14.8 Å². The fourth-order valence-corrected chi connectivity index (χ4v) is 3.42. The van der Waals surface area contributed by atoms with E-state index in [9.17, 15) is 9.18 Å². The van der Waals surface area contributed by atoms with E-state index in [4.69, 9.17) is 14.2 Å². The number of nitrogens with zero attached hydrogens (tertiary/aromatic N) is 3. The molecular weight excluding hydrogens is 391 g/mol. The minimum atomic E-state index is -0.357. The summed E-state index contributed by atoms with van der Waals surface area (Å²) in [5, 5.41) is 11.0. The molecule has 0 fully saturated rings. The van der Waals surface area contributed by atoms with Crippen molar-refractivity contribution in [3.05, 3.63) is 70.8 Å². The van der Waals surface area contributed by atoms with Gasteiger partial charge in [-0.05, 0) is 23.8 Å². The van der Waals surface area contributed by atoms with Crippen LogP contribution in [0.4, 0.5) is 4.39 Å². The van der Waals surface area contributed by atoms with E-state index < -0.39 is 0 Å². The molecule has 156 valence electrons. The average Bonchev–Trinajstić information content (AvgIpc) is 3.21. The number of aromatic nitrogens is 3. The first-order valence-electron chi connectivity index (χ1n) is 9.38. The lowest BCUT2D eigenvalue weighted by Gasteiger charge is -2.24. The molecule has 0 saturated heterocycles. The number of rotatable bonds is 6. The standard InChI is InChI=1S/C21H21FN4O4/c1-28-17-5-3-4-14(20(17)29-2)10-23-21(27)19-16-12-30-18(11-26(16)25-24-19)13-6-8-15(22)9-7-13/h3-9,18H,10-12H2,1-2H3,(H,23,27)/t18-/m0/s1. The average molecular weight is 412 g/mol. The summed E-state index contributed by atoms with van der Waals surface area (Å²) in [6, 6.07) is 11.6. The lowest BCUT2D eigenvalue weighted by molar-refractivity contribution is -0.00180. The molecule has 0 bridgehead atoms. The van der Waals surface area contributed by atoms with Gasteiger partial charge in [0, 0.05) is 12.1 Å². The molecule has 2 heterocycles. The molecular formula is C21H21FN4O4. The maximum Gasteiger partial charge on any atom is 0.274 e. The molecule has 0 saturated carbocycles. The first-order chi connectivity index (χ1) is 14.6. The number of amides is 1. The Morgan fingerprint density at radius 2 is 2.03 bits per heavy atom. The molecule has 4 rings (SSSR count). The number of carbonyl (C=O) groups is 1. The highest BCUT2D eigenvalue weighted by Gasteiger charge is 2.27. The molecule has 0 aliphatic carbocycles. The number of methoxy groups -OCH3 is 2. The van der Waals surface area contributed by atoms with E-state index in [1.807, 2.05) is 12.1 Å². The van der Waals surface area contributed by atoms with E-state index in [0.717, 1.165) is 11.1 Å². The van der Waals surface area contributed by atoms with Crippen LogP contribution >= 0.6 is 0 Å². The van der Waals surface area contributed by atoms with Crippen LogP contribution in [0.5, 0.6) is 11.5 Å². The highest BCUT2D eigenvalue weighted by Crippen LogP contribution is 2.31. The summed E-state index contributed by atoms with van der Waals surface area (Å²) in [6.07, 6.45) is -0.281. The Balaban J connectivity index is 1.46. The van der Waals surface area contributed by atoms with Crippen molar-refractivity contribution in [3.63, 3.8) is 0 Å². The topological polar surface area (TPSA) is 87.5 Å². The molecule has 1 N–H and O–H groups in total. The molecule has 0 unspecified atom stereocenters. The summed E-state index contributed by atoms with van der Waals surface area (Å²) in [5.74, 6) is 0.494. The van der Waals surface area contributed by atoms with E-state index >= 15 is 0 Å². The Morgan fingerprint density at radius 3 is 2.77 bits per heavy atom. The van der Waals surface area contributed by atoms with Crippen molar-refractivity contribution in [2.45, 2.75) is 25.8 Å². The quantitative estimate of drug-likeness (QED) is 0.670. The van der Waals surface area contributed by atoms with Gasteiger partial charge in [0.05, 0.1) is 33.1 Å².